The van der Waals surface area contributed by atoms with Crippen LogP contribution in [0.5, 0.6) is 5.88 Å². The number of hydrogen-bond acceptors (Lipinski definition) is 3. The van der Waals surface area contributed by atoms with Crippen molar-refractivity contribution in [1.29, 1.82) is 0 Å². The van der Waals surface area contributed by atoms with Crippen LogP contribution in [0.25, 0.3) is 0 Å². The zero-order valence-electron chi connectivity index (χ0n) is 10.6. The summed E-state index contributed by atoms with van der Waals surface area (Å²) in [5.41, 5.74) is 2.24. The largest absolute Gasteiger partial charge is 0.481 e. The third kappa shape index (κ3) is 2.07. The fourth-order valence-electron chi connectivity index (χ4n) is 2.46. The Kier molecular flexibility index (Phi) is 3.19. The Morgan fingerprint density at radius 3 is 2.75 bits per heavy atom. The molecule has 2 rings (SSSR count). The lowest BCUT2D eigenvalue weighted by molar-refractivity contribution is 0.239. The molecule has 0 saturated heterocycles. The first-order valence-electron chi connectivity index (χ1n) is 5.91. The molecule has 1 N–H and O–H groups in total. The summed E-state index contributed by atoms with van der Waals surface area (Å²) in [6, 6.07) is 0.680. The molecule has 0 atom stereocenters. The zero-order chi connectivity index (χ0) is 11.7. The summed E-state index contributed by atoms with van der Waals surface area (Å²) >= 11 is 0. The molecule has 0 aromatic carbocycles. The Balaban J connectivity index is 1.98. The van der Waals surface area contributed by atoms with Gasteiger partial charge in [0.1, 0.15) is 0 Å². The minimum absolute atomic E-state index is 0.680. The highest BCUT2D eigenvalue weighted by molar-refractivity contribution is 5.30. The minimum atomic E-state index is 0.680. The van der Waals surface area contributed by atoms with Crippen LogP contribution < -0.4 is 10.1 Å². The van der Waals surface area contributed by atoms with Gasteiger partial charge in [-0.1, -0.05) is 6.92 Å². The van der Waals surface area contributed by atoms with Gasteiger partial charge < -0.3 is 10.1 Å². The van der Waals surface area contributed by atoms with E-state index < -0.39 is 0 Å². The number of nitrogens with one attached hydrogen (secondary N) is 1. The van der Waals surface area contributed by atoms with E-state index in [1.807, 2.05) is 14.0 Å². The topological polar surface area (TPSA) is 39.1 Å². The van der Waals surface area contributed by atoms with E-state index in [4.69, 9.17) is 4.74 Å². The summed E-state index contributed by atoms with van der Waals surface area (Å²) in [5.74, 6) is 1.76. The fraction of sp³-hybridized carbons (Fsp3) is 0.750. The van der Waals surface area contributed by atoms with Crippen molar-refractivity contribution in [1.82, 2.24) is 15.1 Å². The monoisotopic (exact) mass is 223 g/mol. The highest BCUT2D eigenvalue weighted by Gasteiger charge is 2.25. The molecule has 4 nitrogen and oxygen atoms in total. The maximum atomic E-state index is 5.36. The van der Waals surface area contributed by atoms with Crippen LogP contribution in [0.3, 0.4) is 0 Å². The Bertz CT molecular complexity index is 367. The second kappa shape index (κ2) is 4.45. The molecule has 1 aliphatic carbocycles. The molecular weight excluding hydrogens is 202 g/mol. The molecule has 0 spiro atoms. The van der Waals surface area contributed by atoms with Crippen molar-refractivity contribution < 1.29 is 4.74 Å². The summed E-state index contributed by atoms with van der Waals surface area (Å²) in [7, 11) is 3.62. The Labute approximate surface area is 97.0 Å². The SMILES string of the molecule is COc1c(CNC2CC(C)C2)c(C)nn1C. The summed E-state index contributed by atoms with van der Waals surface area (Å²) in [4.78, 5) is 0. The second-order valence-electron chi connectivity index (χ2n) is 4.85. The quantitative estimate of drug-likeness (QED) is 0.843. The van der Waals surface area contributed by atoms with Crippen molar-refractivity contribution in [3.8, 4) is 5.88 Å². The van der Waals surface area contributed by atoms with Gasteiger partial charge in [-0.3, -0.25) is 0 Å². The molecule has 0 radical (unpaired) electrons. The van der Waals surface area contributed by atoms with E-state index in [9.17, 15) is 0 Å². The maximum absolute atomic E-state index is 5.36. The van der Waals surface area contributed by atoms with Crippen molar-refractivity contribution in [2.24, 2.45) is 13.0 Å². The fourth-order valence-corrected chi connectivity index (χ4v) is 2.46. The molecule has 1 aliphatic rings. The highest BCUT2D eigenvalue weighted by atomic mass is 16.5. The van der Waals surface area contributed by atoms with E-state index in [1.165, 1.54) is 18.4 Å². The Morgan fingerprint density at radius 2 is 2.19 bits per heavy atom. The number of methoxy groups -OCH3 is 1. The van der Waals surface area contributed by atoms with Crippen LogP contribution in [0.1, 0.15) is 31.0 Å². The van der Waals surface area contributed by atoms with Gasteiger partial charge in [0.05, 0.1) is 18.4 Å². The minimum Gasteiger partial charge on any atom is -0.481 e. The number of nitrogens with zero attached hydrogens (tertiary/aromatic N) is 2. The van der Waals surface area contributed by atoms with E-state index >= 15 is 0 Å². The van der Waals surface area contributed by atoms with Crippen LogP contribution in [-0.2, 0) is 13.6 Å². The van der Waals surface area contributed by atoms with Crippen LogP contribution in [0.4, 0.5) is 0 Å². The van der Waals surface area contributed by atoms with Crippen molar-refractivity contribution >= 4 is 0 Å². The van der Waals surface area contributed by atoms with Gasteiger partial charge in [0.25, 0.3) is 0 Å². The van der Waals surface area contributed by atoms with Gasteiger partial charge in [-0.05, 0) is 25.7 Å². The van der Waals surface area contributed by atoms with Crippen molar-refractivity contribution in [2.75, 3.05) is 7.11 Å². The van der Waals surface area contributed by atoms with Gasteiger partial charge in [0.15, 0.2) is 0 Å². The summed E-state index contributed by atoms with van der Waals surface area (Å²) in [6.45, 7) is 5.19. The first kappa shape index (κ1) is 11.5. The number of hydrogen-bond donors (Lipinski definition) is 1. The van der Waals surface area contributed by atoms with Crippen LogP contribution in [-0.4, -0.2) is 22.9 Å². The number of rotatable bonds is 4. The molecule has 16 heavy (non-hydrogen) atoms. The molecule has 1 heterocycles. The molecular formula is C12H21N3O. The molecule has 0 aliphatic heterocycles. The van der Waals surface area contributed by atoms with Gasteiger partial charge in [-0.25, -0.2) is 4.68 Å². The number of aromatic nitrogens is 2. The average molecular weight is 223 g/mol. The van der Waals surface area contributed by atoms with Crippen LogP contribution in [0.15, 0.2) is 0 Å². The third-order valence-corrected chi connectivity index (χ3v) is 3.42. The van der Waals surface area contributed by atoms with E-state index in [1.54, 1.807) is 11.8 Å². The van der Waals surface area contributed by atoms with Crippen molar-refractivity contribution in [3.05, 3.63) is 11.3 Å². The normalized spacial score (nSPS) is 24.2. The lowest BCUT2D eigenvalue weighted by Crippen LogP contribution is -2.39. The van der Waals surface area contributed by atoms with E-state index in [0.29, 0.717) is 6.04 Å². The molecule has 1 saturated carbocycles. The molecule has 1 aromatic heterocycles. The molecule has 0 bridgehead atoms. The molecule has 0 amide bonds. The second-order valence-corrected chi connectivity index (χ2v) is 4.85. The summed E-state index contributed by atoms with van der Waals surface area (Å²) in [5, 5.41) is 7.93. The molecule has 1 fully saturated rings. The van der Waals surface area contributed by atoms with Crippen LogP contribution in [0, 0.1) is 12.8 Å². The smallest absolute Gasteiger partial charge is 0.216 e. The summed E-state index contributed by atoms with van der Waals surface area (Å²) < 4.78 is 7.16. The lowest BCUT2D eigenvalue weighted by atomic mass is 9.82. The Morgan fingerprint density at radius 1 is 1.50 bits per heavy atom. The van der Waals surface area contributed by atoms with Crippen molar-refractivity contribution in [3.63, 3.8) is 0 Å². The maximum Gasteiger partial charge on any atom is 0.216 e. The third-order valence-electron chi connectivity index (χ3n) is 3.42. The van der Waals surface area contributed by atoms with Crippen LogP contribution >= 0.6 is 0 Å². The average Bonchev–Trinajstić information content (AvgIpc) is 2.46. The zero-order valence-corrected chi connectivity index (χ0v) is 10.6. The highest BCUT2D eigenvalue weighted by Crippen LogP contribution is 2.27. The van der Waals surface area contributed by atoms with Gasteiger partial charge in [-0.2, -0.15) is 5.10 Å². The lowest BCUT2D eigenvalue weighted by Gasteiger charge is -2.33. The summed E-state index contributed by atoms with van der Waals surface area (Å²) in [6.07, 6.45) is 2.59. The first-order valence-corrected chi connectivity index (χ1v) is 5.91. The predicted molar refractivity (Wildman–Crippen MR) is 63.5 cm³/mol. The molecule has 90 valence electrons. The number of aryl methyl sites for hydroxylation is 2. The van der Waals surface area contributed by atoms with Gasteiger partial charge in [-0.15, -0.1) is 0 Å². The van der Waals surface area contributed by atoms with E-state index in [2.05, 4.69) is 17.3 Å². The number of ether oxygens (including phenoxy) is 1. The van der Waals surface area contributed by atoms with Gasteiger partial charge in [0, 0.05) is 19.6 Å². The van der Waals surface area contributed by atoms with Gasteiger partial charge >= 0.3 is 0 Å². The molecule has 1 aromatic rings. The van der Waals surface area contributed by atoms with Gasteiger partial charge in [0.2, 0.25) is 5.88 Å². The standard InChI is InChI=1S/C12H21N3O/c1-8-5-10(6-8)13-7-11-9(2)14-15(3)12(11)16-4/h8,10,13H,5-7H2,1-4H3. The predicted octanol–water partition coefficient (Wildman–Crippen LogP) is 1.63. The Hall–Kier alpha value is -1.03. The molecule has 4 heteroatoms. The van der Waals surface area contributed by atoms with Crippen molar-refractivity contribution in [2.45, 2.75) is 39.3 Å². The van der Waals surface area contributed by atoms with E-state index in [-0.39, 0.29) is 0 Å². The molecule has 0 unspecified atom stereocenters. The first-order chi connectivity index (χ1) is 7.61. The van der Waals surface area contributed by atoms with E-state index in [0.717, 1.165) is 24.0 Å². The van der Waals surface area contributed by atoms with Crippen LogP contribution in [0.2, 0.25) is 0 Å².